The summed E-state index contributed by atoms with van der Waals surface area (Å²) in [5.74, 6) is -1.98. The van der Waals surface area contributed by atoms with Crippen molar-refractivity contribution in [1.82, 2.24) is 0 Å². The zero-order chi connectivity index (χ0) is 14.7. The van der Waals surface area contributed by atoms with Gasteiger partial charge in [0, 0.05) is 6.07 Å². The van der Waals surface area contributed by atoms with Crippen molar-refractivity contribution in [2.45, 2.75) is 0 Å². The predicted octanol–water partition coefficient (Wildman–Crippen LogP) is 3.88. The molecule has 1 amide bonds. The van der Waals surface area contributed by atoms with E-state index in [2.05, 4.69) is 5.32 Å². The standard InChI is InChI=1S/C14H10ClF2NO2/c1-20-8-5-6-9(12(17)7-8)14(19)18-13-10(15)3-2-4-11(13)16/h2-7H,1H3,(H,18,19). The van der Waals surface area contributed by atoms with E-state index in [0.29, 0.717) is 0 Å². The molecule has 0 bridgehead atoms. The van der Waals surface area contributed by atoms with Crippen LogP contribution in [0.25, 0.3) is 0 Å². The van der Waals surface area contributed by atoms with E-state index in [1.807, 2.05) is 0 Å². The third-order valence-electron chi connectivity index (χ3n) is 2.62. The van der Waals surface area contributed by atoms with Gasteiger partial charge in [-0.2, -0.15) is 0 Å². The van der Waals surface area contributed by atoms with Gasteiger partial charge in [-0.3, -0.25) is 4.79 Å². The number of benzene rings is 2. The number of amides is 1. The second-order valence-corrected chi connectivity index (χ2v) is 4.30. The first-order valence-corrected chi connectivity index (χ1v) is 5.99. The van der Waals surface area contributed by atoms with Crippen molar-refractivity contribution in [3.63, 3.8) is 0 Å². The molecule has 0 aliphatic carbocycles. The van der Waals surface area contributed by atoms with Crippen molar-refractivity contribution in [2.24, 2.45) is 0 Å². The largest absolute Gasteiger partial charge is 0.497 e. The molecule has 0 unspecified atom stereocenters. The molecule has 0 aromatic heterocycles. The van der Waals surface area contributed by atoms with Gasteiger partial charge in [-0.25, -0.2) is 8.78 Å². The summed E-state index contributed by atoms with van der Waals surface area (Å²) in [6.07, 6.45) is 0. The van der Waals surface area contributed by atoms with Crippen LogP contribution in [-0.2, 0) is 0 Å². The molecule has 0 heterocycles. The Morgan fingerprint density at radius 1 is 1.20 bits per heavy atom. The lowest BCUT2D eigenvalue weighted by atomic mass is 10.2. The molecular weight excluding hydrogens is 288 g/mol. The van der Waals surface area contributed by atoms with Crippen LogP contribution in [0, 0.1) is 11.6 Å². The quantitative estimate of drug-likeness (QED) is 0.933. The average molecular weight is 298 g/mol. The van der Waals surface area contributed by atoms with Gasteiger partial charge >= 0.3 is 0 Å². The molecule has 0 aliphatic rings. The van der Waals surface area contributed by atoms with Crippen LogP contribution in [0.15, 0.2) is 36.4 Å². The molecule has 0 radical (unpaired) electrons. The van der Waals surface area contributed by atoms with E-state index >= 15 is 0 Å². The Morgan fingerprint density at radius 2 is 1.95 bits per heavy atom. The highest BCUT2D eigenvalue weighted by Crippen LogP contribution is 2.26. The monoisotopic (exact) mass is 297 g/mol. The summed E-state index contributed by atoms with van der Waals surface area (Å²) in [5, 5.41) is 2.28. The van der Waals surface area contributed by atoms with Crippen LogP contribution >= 0.6 is 11.6 Å². The number of carbonyl (C=O) groups excluding carboxylic acids is 1. The Balaban J connectivity index is 2.29. The average Bonchev–Trinajstić information content (AvgIpc) is 2.42. The molecule has 2 aromatic rings. The van der Waals surface area contributed by atoms with E-state index in [0.717, 1.165) is 12.1 Å². The molecule has 0 fully saturated rings. The van der Waals surface area contributed by atoms with E-state index in [1.165, 1.54) is 31.4 Å². The van der Waals surface area contributed by atoms with Crippen LogP contribution in [0.1, 0.15) is 10.4 Å². The van der Waals surface area contributed by atoms with Gasteiger partial charge < -0.3 is 10.1 Å². The van der Waals surface area contributed by atoms with Crippen LogP contribution in [-0.4, -0.2) is 13.0 Å². The van der Waals surface area contributed by atoms with Gasteiger partial charge in [0.25, 0.3) is 5.91 Å². The number of rotatable bonds is 3. The number of halogens is 3. The Bertz CT molecular complexity index is 641. The highest BCUT2D eigenvalue weighted by molar-refractivity contribution is 6.34. The van der Waals surface area contributed by atoms with Gasteiger partial charge in [0.1, 0.15) is 17.4 Å². The first-order valence-electron chi connectivity index (χ1n) is 5.62. The summed E-state index contributed by atoms with van der Waals surface area (Å²) < 4.78 is 32.1. The summed E-state index contributed by atoms with van der Waals surface area (Å²) in [7, 11) is 1.38. The third kappa shape index (κ3) is 2.88. The van der Waals surface area contributed by atoms with Crippen LogP contribution in [0.5, 0.6) is 5.75 Å². The maximum absolute atomic E-state index is 13.7. The summed E-state index contributed by atoms with van der Waals surface area (Å²) in [5.41, 5.74) is -0.417. The Labute approximate surface area is 119 Å². The smallest absolute Gasteiger partial charge is 0.258 e. The third-order valence-corrected chi connectivity index (χ3v) is 2.94. The number of carbonyl (C=O) groups is 1. The SMILES string of the molecule is COc1ccc(C(=O)Nc2c(F)cccc2Cl)c(F)c1. The van der Waals surface area contributed by atoms with Gasteiger partial charge in [0.05, 0.1) is 23.4 Å². The Hall–Kier alpha value is -2.14. The number of para-hydroxylation sites is 1. The lowest BCUT2D eigenvalue weighted by Crippen LogP contribution is -2.15. The predicted molar refractivity (Wildman–Crippen MR) is 72.3 cm³/mol. The maximum atomic E-state index is 13.7. The highest BCUT2D eigenvalue weighted by atomic mass is 35.5. The summed E-state index contributed by atoms with van der Waals surface area (Å²) in [6, 6.07) is 7.72. The van der Waals surface area contributed by atoms with Crippen LogP contribution < -0.4 is 10.1 Å². The molecule has 2 rings (SSSR count). The normalized spacial score (nSPS) is 10.2. The van der Waals surface area contributed by atoms with Gasteiger partial charge in [-0.1, -0.05) is 17.7 Å². The number of hydrogen-bond acceptors (Lipinski definition) is 2. The van der Waals surface area contributed by atoms with Crippen molar-refractivity contribution < 1.29 is 18.3 Å². The minimum atomic E-state index is -0.794. The van der Waals surface area contributed by atoms with Gasteiger partial charge in [-0.05, 0) is 24.3 Å². The van der Waals surface area contributed by atoms with Gasteiger partial charge in [0.15, 0.2) is 0 Å². The molecule has 0 saturated heterocycles. The van der Waals surface area contributed by atoms with Crippen LogP contribution in [0.2, 0.25) is 5.02 Å². The zero-order valence-electron chi connectivity index (χ0n) is 10.4. The summed E-state index contributed by atoms with van der Waals surface area (Å²) in [4.78, 5) is 11.9. The molecule has 0 spiro atoms. The molecule has 0 aliphatic heterocycles. The number of methoxy groups -OCH3 is 1. The highest BCUT2D eigenvalue weighted by Gasteiger charge is 2.16. The number of ether oxygens (including phenoxy) is 1. The van der Waals surface area contributed by atoms with Gasteiger partial charge in [-0.15, -0.1) is 0 Å². The molecule has 20 heavy (non-hydrogen) atoms. The lowest BCUT2D eigenvalue weighted by Gasteiger charge is -2.09. The Kier molecular flexibility index (Phi) is 4.20. The molecule has 0 atom stereocenters. The van der Waals surface area contributed by atoms with Crippen molar-refractivity contribution >= 4 is 23.2 Å². The fraction of sp³-hybridized carbons (Fsp3) is 0.0714. The molecule has 0 saturated carbocycles. The first-order chi connectivity index (χ1) is 9.52. The van der Waals surface area contributed by atoms with Crippen molar-refractivity contribution in [3.8, 4) is 5.75 Å². The molecule has 2 aromatic carbocycles. The number of hydrogen-bond donors (Lipinski definition) is 1. The lowest BCUT2D eigenvalue weighted by molar-refractivity contribution is 0.102. The fourth-order valence-corrected chi connectivity index (χ4v) is 1.82. The first kappa shape index (κ1) is 14.3. The molecule has 1 N–H and O–H groups in total. The van der Waals surface area contributed by atoms with Crippen molar-refractivity contribution in [1.29, 1.82) is 0 Å². The van der Waals surface area contributed by atoms with Crippen LogP contribution in [0.3, 0.4) is 0 Å². The van der Waals surface area contributed by atoms with Crippen molar-refractivity contribution in [3.05, 3.63) is 58.6 Å². The molecular formula is C14H10ClF2NO2. The van der Waals surface area contributed by atoms with E-state index in [-0.39, 0.29) is 22.0 Å². The molecule has 104 valence electrons. The van der Waals surface area contributed by atoms with Gasteiger partial charge in [0.2, 0.25) is 0 Å². The minimum Gasteiger partial charge on any atom is -0.497 e. The van der Waals surface area contributed by atoms with Crippen molar-refractivity contribution in [2.75, 3.05) is 12.4 Å². The minimum absolute atomic E-state index is 0.0345. The Morgan fingerprint density at radius 3 is 2.55 bits per heavy atom. The van der Waals surface area contributed by atoms with Crippen LogP contribution in [0.4, 0.5) is 14.5 Å². The van der Waals surface area contributed by atoms with E-state index in [1.54, 1.807) is 0 Å². The summed E-state index contributed by atoms with van der Waals surface area (Å²) in [6.45, 7) is 0. The van der Waals surface area contributed by atoms with E-state index in [9.17, 15) is 13.6 Å². The second kappa shape index (κ2) is 5.88. The number of anilines is 1. The molecule has 3 nitrogen and oxygen atoms in total. The molecule has 6 heteroatoms. The fourth-order valence-electron chi connectivity index (χ4n) is 1.61. The topological polar surface area (TPSA) is 38.3 Å². The maximum Gasteiger partial charge on any atom is 0.258 e. The summed E-state index contributed by atoms with van der Waals surface area (Å²) >= 11 is 5.78. The zero-order valence-corrected chi connectivity index (χ0v) is 11.2. The van der Waals surface area contributed by atoms with E-state index in [4.69, 9.17) is 16.3 Å². The van der Waals surface area contributed by atoms with E-state index < -0.39 is 17.5 Å². The second-order valence-electron chi connectivity index (χ2n) is 3.90. The number of nitrogens with one attached hydrogen (secondary N) is 1.